The van der Waals surface area contributed by atoms with E-state index in [4.69, 9.17) is 4.99 Å². The fraction of sp³-hybridized carbons (Fsp3) is 0.533. The summed E-state index contributed by atoms with van der Waals surface area (Å²) in [5.74, 6) is 2.00. The number of rotatable bonds is 1. The number of aryl methyl sites for hydroxylation is 1. The van der Waals surface area contributed by atoms with Crippen LogP contribution in [-0.4, -0.2) is 17.0 Å². The normalized spacial score (nSPS) is 25.9. The molecular formula is C15H18Br2N2S. The quantitative estimate of drug-likeness (QED) is 0.643. The topological polar surface area (TPSA) is 24.4 Å². The number of hydrogen-bond donors (Lipinski definition) is 1. The third kappa shape index (κ3) is 3.25. The van der Waals surface area contributed by atoms with E-state index in [9.17, 15) is 0 Å². The van der Waals surface area contributed by atoms with Crippen LogP contribution in [0.25, 0.3) is 0 Å². The standard InChI is InChI=1S/C15H18Br2N2S/c1-9-6-11(16)14(12(17)7-9)19-15-18-13-5-3-2-4-10(13)8-20-15/h6-7,10,13H,2-5,8H2,1H3,(H,18,19). The molecule has 1 aromatic carbocycles. The maximum absolute atomic E-state index is 4.93. The second kappa shape index (κ2) is 6.41. The molecule has 20 heavy (non-hydrogen) atoms. The smallest absolute Gasteiger partial charge is 0.161 e. The minimum absolute atomic E-state index is 0.537. The van der Waals surface area contributed by atoms with Crippen LogP contribution in [0, 0.1) is 12.8 Å². The summed E-state index contributed by atoms with van der Waals surface area (Å²) >= 11 is 9.14. The molecule has 0 aromatic heterocycles. The first kappa shape index (κ1) is 14.9. The average Bonchev–Trinajstić information content (AvgIpc) is 2.42. The highest BCUT2D eigenvalue weighted by Crippen LogP contribution is 2.37. The lowest BCUT2D eigenvalue weighted by Gasteiger charge is -2.33. The van der Waals surface area contributed by atoms with Crippen molar-refractivity contribution in [3.8, 4) is 0 Å². The minimum Gasteiger partial charge on any atom is -0.333 e. The van der Waals surface area contributed by atoms with Gasteiger partial charge >= 0.3 is 0 Å². The van der Waals surface area contributed by atoms with Crippen molar-refractivity contribution in [3.63, 3.8) is 0 Å². The number of nitrogens with one attached hydrogen (secondary N) is 1. The Hall–Kier alpha value is -0.000000000000000111. The Balaban J connectivity index is 1.80. The van der Waals surface area contributed by atoms with Gasteiger partial charge in [-0.1, -0.05) is 24.6 Å². The number of halogens is 2. The van der Waals surface area contributed by atoms with Gasteiger partial charge in [0, 0.05) is 14.7 Å². The Morgan fingerprint density at radius 1 is 1.20 bits per heavy atom. The number of hydrogen-bond acceptors (Lipinski definition) is 3. The van der Waals surface area contributed by atoms with Gasteiger partial charge in [0.15, 0.2) is 5.17 Å². The van der Waals surface area contributed by atoms with Gasteiger partial charge in [0.2, 0.25) is 0 Å². The Kier molecular flexibility index (Phi) is 4.78. The number of anilines is 1. The summed E-state index contributed by atoms with van der Waals surface area (Å²) in [6, 6.07) is 4.80. The average molecular weight is 418 g/mol. The van der Waals surface area contributed by atoms with E-state index < -0.39 is 0 Å². The van der Waals surface area contributed by atoms with E-state index >= 15 is 0 Å². The number of benzene rings is 1. The van der Waals surface area contributed by atoms with E-state index in [0.717, 1.165) is 25.7 Å². The number of thioether (sulfide) groups is 1. The first-order chi connectivity index (χ1) is 9.63. The first-order valence-electron chi connectivity index (χ1n) is 7.07. The maximum atomic E-state index is 4.93. The lowest BCUT2D eigenvalue weighted by atomic mass is 9.86. The Labute approximate surface area is 141 Å². The van der Waals surface area contributed by atoms with Crippen molar-refractivity contribution in [3.05, 3.63) is 26.6 Å². The second-order valence-corrected chi connectivity index (χ2v) is 8.30. The number of nitrogens with zero attached hydrogens (tertiary/aromatic N) is 1. The summed E-state index contributed by atoms with van der Waals surface area (Å²) in [4.78, 5) is 4.93. The number of fused-ring (bicyclic) bond motifs is 1. The van der Waals surface area contributed by atoms with Crippen LogP contribution < -0.4 is 5.32 Å². The van der Waals surface area contributed by atoms with Crippen molar-refractivity contribution in [2.45, 2.75) is 38.6 Å². The molecule has 2 atom stereocenters. The number of amidine groups is 1. The summed E-state index contributed by atoms with van der Waals surface area (Å²) in [5, 5.41) is 4.56. The van der Waals surface area contributed by atoms with E-state index in [2.05, 4.69) is 56.2 Å². The molecule has 5 heteroatoms. The molecular weight excluding hydrogens is 400 g/mol. The monoisotopic (exact) mass is 416 g/mol. The highest BCUT2D eigenvalue weighted by atomic mass is 79.9. The van der Waals surface area contributed by atoms with Crippen molar-refractivity contribution < 1.29 is 0 Å². The summed E-state index contributed by atoms with van der Waals surface area (Å²) in [7, 11) is 0. The van der Waals surface area contributed by atoms with E-state index in [0.29, 0.717) is 6.04 Å². The van der Waals surface area contributed by atoms with Crippen molar-refractivity contribution in [2.24, 2.45) is 10.9 Å². The Morgan fingerprint density at radius 2 is 1.90 bits per heavy atom. The van der Waals surface area contributed by atoms with Crippen LogP contribution in [0.4, 0.5) is 5.69 Å². The molecule has 1 saturated carbocycles. The van der Waals surface area contributed by atoms with Gasteiger partial charge in [0.05, 0.1) is 11.7 Å². The van der Waals surface area contributed by atoms with E-state index in [1.807, 2.05) is 11.8 Å². The van der Waals surface area contributed by atoms with Gasteiger partial charge in [0.25, 0.3) is 0 Å². The third-order valence-corrected chi connectivity index (χ3v) is 6.33. The molecule has 2 aliphatic rings. The van der Waals surface area contributed by atoms with E-state index in [1.54, 1.807) is 0 Å². The maximum Gasteiger partial charge on any atom is 0.161 e. The molecule has 1 fully saturated rings. The van der Waals surface area contributed by atoms with Crippen LogP contribution in [0.3, 0.4) is 0 Å². The zero-order chi connectivity index (χ0) is 14.1. The second-order valence-electron chi connectivity index (χ2n) is 5.59. The zero-order valence-corrected chi connectivity index (χ0v) is 15.4. The van der Waals surface area contributed by atoms with Gasteiger partial charge < -0.3 is 5.32 Å². The molecule has 0 radical (unpaired) electrons. The minimum atomic E-state index is 0.537. The Morgan fingerprint density at radius 3 is 2.65 bits per heavy atom. The largest absolute Gasteiger partial charge is 0.333 e. The lowest BCUT2D eigenvalue weighted by molar-refractivity contribution is 0.336. The highest BCUT2D eigenvalue weighted by Gasteiger charge is 2.29. The predicted octanol–water partition coefficient (Wildman–Crippen LogP) is 5.59. The van der Waals surface area contributed by atoms with Crippen LogP contribution in [0.5, 0.6) is 0 Å². The molecule has 0 spiro atoms. The number of aliphatic imine (C=N–C) groups is 1. The van der Waals surface area contributed by atoms with Gasteiger partial charge in [0.1, 0.15) is 0 Å². The first-order valence-corrected chi connectivity index (χ1v) is 9.64. The lowest BCUT2D eigenvalue weighted by Crippen LogP contribution is -2.31. The van der Waals surface area contributed by atoms with Crippen LogP contribution in [0.15, 0.2) is 26.1 Å². The molecule has 0 bridgehead atoms. The molecule has 2 nitrogen and oxygen atoms in total. The molecule has 1 heterocycles. The molecule has 1 aliphatic heterocycles. The summed E-state index contributed by atoms with van der Waals surface area (Å²) in [5.41, 5.74) is 2.32. The van der Waals surface area contributed by atoms with Gasteiger partial charge in [-0.3, -0.25) is 4.99 Å². The van der Waals surface area contributed by atoms with Crippen molar-refractivity contribution in [1.29, 1.82) is 0 Å². The van der Waals surface area contributed by atoms with Crippen LogP contribution in [0.1, 0.15) is 31.2 Å². The predicted molar refractivity (Wildman–Crippen MR) is 95.8 cm³/mol. The van der Waals surface area contributed by atoms with Gasteiger partial charge in [-0.05, 0) is 75.2 Å². The molecule has 0 amide bonds. The molecule has 2 unspecified atom stereocenters. The third-order valence-electron chi connectivity index (χ3n) is 4.00. The van der Waals surface area contributed by atoms with Crippen molar-refractivity contribution >= 4 is 54.5 Å². The van der Waals surface area contributed by atoms with E-state index in [1.165, 1.54) is 37.0 Å². The van der Waals surface area contributed by atoms with Crippen LogP contribution in [0.2, 0.25) is 0 Å². The molecule has 1 aliphatic carbocycles. The summed E-state index contributed by atoms with van der Waals surface area (Å²) < 4.78 is 2.16. The molecule has 108 valence electrons. The Bertz CT molecular complexity index is 522. The van der Waals surface area contributed by atoms with Crippen LogP contribution in [-0.2, 0) is 0 Å². The van der Waals surface area contributed by atoms with Gasteiger partial charge in [-0.15, -0.1) is 0 Å². The van der Waals surface area contributed by atoms with Gasteiger partial charge in [-0.2, -0.15) is 0 Å². The molecule has 1 aromatic rings. The van der Waals surface area contributed by atoms with Gasteiger partial charge in [-0.25, -0.2) is 0 Å². The fourth-order valence-electron chi connectivity index (χ4n) is 2.92. The molecule has 1 N–H and O–H groups in total. The van der Waals surface area contributed by atoms with Crippen LogP contribution >= 0.6 is 43.6 Å². The molecule has 0 saturated heterocycles. The fourth-order valence-corrected chi connectivity index (χ4v) is 5.68. The summed E-state index contributed by atoms with van der Waals surface area (Å²) in [6.07, 6.45) is 5.33. The van der Waals surface area contributed by atoms with Crippen molar-refractivity contribution in [1.82, 2.24) is 0 Å². The van der Waals surface area contributed by atoms with E-state index in [-0.39, 0.29) is 0 Å². The highest BCUT2D eigenvalue weighted by molar-refractivity contribution is 9.11. The van der Waals surface area contributed by atoms with Crippen molar-refractivity contribution in [2.75, 3.05) is 11.1 Å². The zero-order valence-electron chi connectivity index (χ0n) is 11.5. The SMILES string of the molecule is Cc1cc(Br)c(NC2=NC3CCCCC3CS2)c(Br)c1. The summed E-state index contributed by atoms with van der Waals surface area (Å²) in [6.45, 7) is 2.10. The molecule has 3 rings (SSSR count).